The average Bonchev–Trinajstić information content (AvgIpc) is 2.87. The monoisotopic (exact) mass is 289 g/mol. The van der Waals surface area contributed by atoms with E-state index in [-0.39, 0.29) is 0 Å². The van der Waals surface area contributed by atoms with Crippen molar-refractivity contribution in [1.29, 1.82) is 0 Å². The fourth-order valence-electron chi connectivity index (χ4n) is 2.00. The number of benzene rings is 1. The van der Waals surface area contributed by atoms with Crippen molar-refractivity contribution in [3.63, 3.8) is 0 Å². The molecule has 0 amide bonds. The molecule has 0 bridgehead atoms. The maximum atomic E-state index is 4.19. The predicted octanol–water partition coefficient (Wildman–Crippen LogP) is 3.25. The summed E-state index contributed by atoms with van der Waals surface area (Å²) in [5, 5.41) is 7.61. The van der Waals surface area contributed by atoms with Gasteiger partial charge in [0.2, 0.25) is 0 Å². The van der Waals surface area contributed by atoms with Gasteiger partial charge in [0.25, 0.3) is 0 Å². The Morgan fingerprint density at radius 3 is 2.65 bits per heavy atom. The molecule has 2 rings (SSSR count). The first-order chi connectivity index (χ1) is 9.78. The zero-order chi connectivity index (χ0) is 14.2. The molecule has 0 saturated carbocycles. The first-order valence-electron chi connectivity index (χ1n) is 7.18. The molecule has 0 fully saturated rings. The van der Waals surface area contributed by atoms with Crippen LogP contribution in [0.15, 0.2) is 41.6 Å². The predicted molar refractivity (Wildman–Crippen MR) is 86.1 cm³/mol. The minimum absolute atomic E-state index is 0.967. The molecule has 108 valence electrons. The Morgan fingerprint density at radius 1 is 1.20 bits per heavy atom. The molecule has 1 aromatic carbocycles. The fraction of sp³-hybridized carbons (Fsp3) is 0.438. The second-order valence-electron chi connectivity index (χ2n) is 4.94. The van der Waals surface area contributed by atoms with Gasteiger partial charge in [0.05, 0.1) is 6.20 Å². The van der Waals surface area contributed by atoms with Gasteiger partial charge in [0, 0.05) is 30.4 Å². The molecule has 0 aliphatic heterocycles. The molecule has 4 heteroatoms. The minimum atomic E-state index is 0.967. The highest BCUT2D eigenvalue weighted by atomic mass is 32.2. The molecule has 1 aromatic heterocycles. The quantitative estimate of drug-likeness (QED) is 0.597. The van der Waals surface area contributed by atoms with Crippen molar-refractivity contribution in [2.24, 2.45) is 7.05 Å². The molecule has 1 N–H and O–H groups in total. The van der Waals surface area contributed by atoms with Crippen molar-refractivity contribution in [2.45, 2.75) is 31.2 Å². The highest BCUT2D eigenvalue weighted by molar-refractivity contribution is 7.99. The van der Waals surface area contributed by atoms with E-state index in [4.69, 9.17) is 0 Å². The zero-order valence-corrected chi connectivity index (χ0v) is 13.1. The van der Waals surface area contributed by atoms with E-state index in [1.807, 2.05) is 29.7 Å². The topological polar surface area (TPSA) is 29.9 Å². The molecular weight excluding hydrogens is 266 g/mol. The second-order valence-corrected chi connectivity index (χ2v) is 6.11. The summed E-state index contributed by atoms with van der Waals surface area (Å²) in [7, 11) is 1.96. The van der Waals surface area contributed by atoms with Crippen molar-refractivity contribution < 1.29 is 0 Å². The van der Waals surface area contributed by atoms with E-state index in [9.17, 15) is 0 Å². The van der Waals surface area contributed by atoms with Crippen LogP contribution in [0.3, 0.4) is 0 Å². The normalized spacial score (nSPS) is 10.9. The van der Waals surface area contributed by atoms with Crippen LogP contribution in [0.4, 0.5) is 0 Å². The number of rotatable bonds is 8. The standard InChI is InChI=1S/C16H23N3S/c1-3-9-17-11-14-4-6-16(7-5-14)20-10-8-15-12-18-19(2)13-15/h4-7,12-13,17H,3,8-11H2,1-2H3. The Balaban J connectivity index is 1.73. The third-order valence-corrected chi connectivity index (χ3v) is 4.11. The summed E-state index contributed by atoms with van der Waals surface area (Å²) >= 11 is 1.90. The molecule has 0 aliphatic carbocycles. The molecule has 0 radical (unpaired) electrons. The smallest absolute Gasteiger partial charge is 0.0521 e. The number of nitrogens with one attached hydrogen (secondary N) is 1. The van der Waals surface area contributed by atoms with Crippen LogP contribution in [0, 0.1) is 0 Å². The van der Waals surface area contributed by atoms with Gasteiger partial charge in [-0.15, -0.1) is 11.8 Å². The van der Waals surface area contributed by atoms with E-state index in [0.29, 0.717) is 0 Å². The summed E-state index contributed by atoms with van der Waals surface area (Å²) in [6.45, 7) is 4.24. The Morgan fingerprint density at radius 2 is 2.00 bits per heavy atom. The number of nitrogens with zero attached hydrogens (tertiary/aromatic N) is 2. The second kappa shape index (κ2) is 8.12. The van der Waals surface area contributed by atoms with E-state index in [1.54, 1.807) is 0 Å². The van der Waals surface area contributed by atoms with Crippen LogP contribution in [0.2, 0.25) is 0 Å². The van der Waals surface area contributed by atoms with E-state index < -0.39 is 0 Å². The maximum Gasteiger partial charge on any atom is 0.0521 e. The fourth-order valence-corrected chi connectivity index (χ4v) is 2.90. The van der Waals surface area contributed by atoms with E-state index >= 15 is 0 Å². The minimum Gasteiger partial charge on any atom is -0.313 e. The van der Waals surface area contributed by atoms with Crippen molar-refractivity contribution in [2.75, 3.05) is 12.3 Å². The lowest BCUT2D eigenvalue weighted by atomic mass is 10.2. The number of thioether (sulfide) groups is 1. The molecule has 0 spiro atoms. The van der Waals surface area contributed by atoms with Crippen LogP contribution in [0.25, 0.3) is 0 Å². The van der Waals surface area contributed by atoms with Gasteiger partial charge in [-0.25, -0.2) is 0 Å². The van der Waals surface area contributed by atoms with Gasteiger partial charge in [0.15, 0.2) is 0 Å². The van der Waals surface area contributed by atoms with Gasteiger partial charge in [-0.05, 0) is 42.6 Å². The van der Waals surface area contributed by atoms with Crippen molar-refractivity contribution in [3.8, 4) is 0 Å². The Kier molecular flexibility index (Phi) is 6.15. The lowest BCUT2D eigenvalue weighted by Gasteiger charge is -2.05. The third-order valence-electron chi connectivity index (χ3n) is 3.10. The van der Waals surface area contributed by atoms with Crippen molar-refractivity contribution >= 4 is 11.8 Å². The van der Waals surface area contributed by atoms with Gasteiger partial charge in [-0.3, -0.25) is 4.68 Å². The van der Waals surface area contributed by atoms with Crippen LogP contribution in [0.5, 0.6) is 0 Å². The van der Waals surface area contributed by atoms with Crippen molar-refractivity contribution in [3.05, 3.63) is 47.8 Å². The van der Waals surface area contributed by atoms with E-state index in [0.717, 1.165) is 25.3 Å². The zero-order valence-electron chi connectivity index (χ0n) is 12.3. The highest BCUT2D eigenvalue weighted by Crippen LogP contribution is 2.19. The van der Waals surface area contributed by atoms with Crippen LogP contribution >= 0.6 is 11.8 Å². The van der Waals surface area contributed by atoms with Crippen LogP contribution in [-0.2, 0) is 20.0 Å². The van der Waals surface area contributed by atoms with Gasteiger partial charge in [0.1, 0.15) is 0 Å². The van der Waals surface area contributed by atoms with Crippen LogP contribution in [0.1, 0.15) is 24.5 Å². The molecule has 0 atom stereocenters. The largest absolute Gasteiger partial charge is 0.313 e. The summed E-state index contributed by atoms with van der Waals surface area (Å²) in [6.07, 6.45) is 6.28. The molecule has 0 aliphatic rings. The lowest BCUT2D eigenvalue weighted by Crippen LogP contribution is -2.13. The van der Waals surface area contributed by atoms with Crippen LogP contribution < -0.4 is 5.32 Å². The van der Waals surface area contributed by atoms with E-state index in [2.05, 4.69) is 47.8 Å². The van der Waals surface area contributed by atoms with Gasteiger partial charge in [-0.1, -0.05) is 19.1 Å². The molecule has 0 saturated heterocycles. The first-order valence-corrected chi connectivity index (χ1v) is 8.16. The summed E-state index contributed by atoms with van der Waals surface area (Å²) in [4.78, 5) is 1.34. The summed E-state index contributed by atoms with van der Waals surface area (Å²) in [5.41, 5.74) is 2.66. The average molecular weight is 289 g/mol. The first kappa shape index (κ1) is 15.1. The highest BCUT2D eigenvalue weighted by Gasteiger charge is 1.99. The SMILES string of the molecule is CCCNCc1ccc(SCCc2cnn(C)c2)cc1. The third kappa shape index (κ3) is 5.02. The number of aryl methyl sites for hydroxylation is 2. The van der Waals surface area contributed by atoms with E-state index in [1.165, 1.54) is 22.4 Å². The van der Waals surface area contributed by atoms with Crippen LogP contribution in [-0.4, -0.2) is 22.1 Å². The maximum absolute atomic E-state index is 4.19. The molecule has 1 heterocycles. The summed E-state index contributed by atoms with van der Waals surface area (Å²) < 4.78 is 1.86. The van der Waals surface area contributed by atoms with Gasteiger partial charge >= 0.3 is 0 Å². The number of hydrogen-bond donors (Lipinski definition) is 1. The van der Waals surface area contributed by atoms with Crippen molar-refractivity contribution in [1.82, 2.24) is 15.1 Å². The molecule has 0 unspecified atom stereocenters. The molecule has 3 nitrogen and oxygen atoms in total. The summed E-state index contributed by atoms with van der Waals surface area (Å²) in [5.74, 6) is 1.10. The molecule has 2 aromatic rings. The molecular formula is C16H23N3S. The van der Waals surface area contributed by atoms with Gasteiger partial charge < -0.3 is 5.32 Å². The Labute approximate surface area is 125 Å². The lowest BCUT2D eigenvalue weighted by molar-refractivity contribution is 0.675. The Hall–Kier alpha value is -1.26. The number of hydrogen-bond acceptors (Lipinski definition) is 3. The van der Waals surface area contributed by atoms with Gasteiger partial charge in [-0.2, -0.15) is 5.10 Å². The molecule has 20 heavy (non-hydrogen) atoms. The summed E-state index contributed by atoms with van der Waals surface area (Å²) in [6, 6.07) is 8.87. The Bertz CT molecular complexity index is 505. The number of aromatic nitrogens is 2.